The Balaban J connectivity index is 1.70. The predicted octanol–water partition coefficient (Wildman–Crippen LogP) is 2.89. The lowest BCUT2D eigenvalue weighted by atomic mass is 10.1. The van der Waals surface area contributed by atoms with E-state index in [-0.39, 0.29) is 18.7 Å². The van der Waals surface area contributed by atoms with Crippen molar-refractivity contribution in [3.63, 3.8) is 0 Å². The normalized spacial score (nSPS) is 14.0. The molecule has 0 fully saturated rings. The highest BCUT2D eigenvalue weighted by atomic mass is 19.1. The maximum absolute atomic E-state index is 13.8. The first-order valence-corrected chi connectivity index (χ1v) is 6.72. The molecule has 0 amide bonds. The molecule has 110 valence electrons. The molecule has 1 atom stereocenters. The van der Waals surface area contributed by atoms with Crippen LogP contribution in [0.25, 0.3) is 0 Å². The zero-order chi connectivity index (χ0) is 14.7. The summed E-state index contributed by atoms with van der Waals surface area (Å²) in [6, 6.07) is 11.8. The van der Waals surface area contributed by atoms with Crippen molar-refractivity contribution in [2.24, 2.45) is 0 Å². The average molecular weight is 289 g/mol. The van der Waals surface area contributed by atoms with Crippen LogP contribution >= 0.6 is 0 Å². The van der Waals surface area contributed by atoms with Gasteiger partial charge < -0.3 is 19.5 Å². The fraction of sp³-hybridized carbons (Fsp3) is 0.250. The molecule has 2 aromatic carbocycles. The number of likely N-dealkylation sites (N-methyl/N-ethyl adjacent to an activating group) is 1. The van der Waals surface area contributed by atoms with Gasteiger partial charge >= 0.3 is 0 Å². The molecule has 0 aliphatic carbocycles. The van der Waals surface area contributed by atoms with Gasteiger partial charge in [0.25, 0.3) is 0 Å². The SMILES string of the molecule is CNC(COc1ccc2c(c1)OCO2)c1ccccc1F. The summed E-state index contributed by atoms with van der Waals surface area (Å²) in [6.45, 7) is 0.546. The third kappa shape index (κ3) is 2.92. The molecule has 4 nitrogen and oxygen atoms in total. The first-order chi connectivity index (χ1) is 10.3. The molecule has 0 radical (unpaired) electrons. The fourth-order valence-electron chi connectivity index (χ4n) is 2.23. The molecule has 2 aromatic rings. The van der Waals surface area contributed by atoms with Crippen molar-refractivity contribution in [1.82, 2.24) is 5.32 Å². The van der Waals surface area contributed by atoms with Gasteiger partial charge in [-0.1, -0.05) is 18.2 Å². The third-order valence-electron chi connectivity index (χ3n) is 3.39. The Kier molecular flexibility index (Phi) is 3.92. The van der Waals surface area contributed by atoms with Crippen LogP contribution in [-0.2, 0) is 0 Å². The summed E-state index contributed by atoms with van der Waals surface area (Å²) in [6.07, 6.45) is 0. The van der Waals surface area contributed by atoms with Crippen molar-refractivity contribution in [2.45, 2.75) is 6.04 Å². The molecule has 0 aromatic heterocycles. The van der Waals surface area contributed by atoms with Gasteiger partial charge in [0.1, 0.15) is 18.2 Å². The van der Waals surface area contributed by atoms with Gasteiger partial charge in [-0.2, -0.15) is 0 Å². The fourth-order valence-corrected chi connectivity index (χ4v) is 2.23. The molecular weight excluding hydrogens is 273 g/mol. The van der Waals surface area contributed by atoms with E-state index < -0.39 is 0 Å². The summed E-state index contributed by atoms with van der Waals surface area (Å²) in [7, 11) is 1.78. The molecule has 0 bridgehead atoms. The van der Waals surface area contributed by atoms with E-state index in [1.807, 2.05) is 12.1 Å². The lowest BCUT2D eigenvalue weighted by molar-refractivity contribution is 0.173. The second kappa shape index (κ2) is 6.01. The summed E-state index contributed by atoms with van der Waals surface area (Å²) in [5.41, 5.74) is 0.584. The van der Waals surface area contributed by atoms with Crippen molar-refractivity contribution in [2.75, 3.05) is 20.4 Å². The Hall–Kier alpha value is -2.27. The van der Waals surface area contributed by atoms with Gasteiger partial charge in [0, 0.05) is 11.6 Å². The summed E-state index contributed by atoms with van der Waals surface area (Å²) < 4.78 is 30.1. The van der Waals surface area contributed by atoms with Crippen LogP contribution in [0.4, 0.5) is 4.39 Å². The topological polar surface area (TPSA) is 39.7 Å². The van der Waals surface area contributed by atoms with Gasteiger partial charge in [-0.05, 0) is 25.2 Å². The van der Waals surface area contributed by atoms with E-state index in [4.69, 9.17) is 14.2 Å². The van der Waals surface area contributed by atoms with Crippen molar-refractivity contribution in [3.8, 4) is 17.2 Å². The second-order valence-electron chi connectivity index (χ2n) is 4.69. The van der Waals surface area contributed by atoms with Crippen LogP contribution in [0.1, 0.15) is 11.6 Å². The van der Waals surface area contributed by atoms with Crippen molar-refractivity contribution < 1.29 is 18.6 Å². The molecule has 1 aliphatic rings. The van der Waals surface area contributed by atoms with E-state index in [0.717, 1.165) is 0 Å². The van der Waals surface area contributed by atoms with E-state index in [9.17, 15) is 4.39 Å². The monoisotopic (exact) mass is 289 g/mol. The van der Waals surface area contributed by atoms with Crippen LogP contribution < -0.4 is 19.5 Å². The number of nitrogens with one attached hydrogen (secondary N) is 1. The lowest BCUT2D eigenvalue weighted by Crippen LogP contribution is -2.24. The zero-order valence-corrected chi connectivity index (χ0v) is 11.6. The number of ether oxygens (including phenoxy) is 3. The van der Waals surface area contributed by atoms with Crippen LogP contribution in [0.15, 0.2) is 42.5 Å². The molecule has 3 rings (SSSR count). The molecule has 0 spiro atoms. The van der Waals surface area contributed by atoms with E-state index >= 15 is 0 Å². The quantitative estimate of drug-likeness (QED) is 0.918. The maximum Gasteiger partial charge on any atom is 0.231 e. The third-order valence-corrected chi connectivity index (χ3v) is 3.39. The molecule has 1 aliphatic heterocycles. The first-order valence-electron chi connectivity index (χ1n) is 6.72. The van der Waals surface area contributed by atoms with Gasteiger partial charge in [-0.25, -0.2) is 4.39 Å². The average Bonchev–Trinajstić information content (AvgIpc) is 2.97. The molecular formula is C16H16FNO3. The van der Waals surface area contributed by atoms with Gasteiger partial charge in [-0.15, -0.1) is 0 Å². The van der Waals surface area contributed by atoms with Crippen LogP contribution in [0.2, 0.25) is 0 Å². The minimum Gasteiger partial charge on any atom is -0.491 e. The lowest BCUT2D eigenvalue weighted by Gasteiger charge is -2.18. The number of rotatable bonds is 5. The minimum absolute atomic E-state index is 0.225. The van der Waals surface area contributed by atoms with Crippen LogP contribution in [0.3, 0.4) is 0 Å². The van der Waals surface area contributed by atoms with E-state index in [1.54, 1.807) is 31.3 Å². The van der Waals surface area contributed by atoms with Crippen LogP contribution in [0.5, 0.6) is 17.2 Å². The van der Waals surface area contributed by atoms with Gasteiger partial charge in [0.05, 0.1) is 6.04 Å². The Morgan fingerprint density at radius 3 is 2.81 bits per heavy atom. The summed E-state index contributed by atoms with van der Waals surface area (Å²) >= 11 is 0. The highest BCUT2D eigenvalue weighted by molar-refractivity contribution is 5.46. The Morgan fingerprint density at radius 1 is 1.19 bits per heavy atom. The van der Waals surface area contributed by atoms with Crippen molar-refractivity contribution in [1.29, 1.82) is 0 Å². The summed E-state index contributed by atoms with van der Waals surface area (Å²) in [5, 5.41) is 3.06. The highest BCUT2D eigenvalue weighted by Gasteiger charge is 2.16. The van der Waals surface area contributed by atoms with E-state index in [2.05, 4.69) is 5.32 Å². The number of benzene rings is 2. The van der Waals surface area contributed by atoms with Gasteiger partial charge in [0.2, 0.25) is 6.79 Å². The van der Waals surface area contributed by atoms with Crippen molar-refractivity contribution >= 4 is 0 Å². The predicted molar refractivity (Wildman–Crippen MR) is 76.3 cm³/mol. The van der Waals surface area contributed by atoms with Gasteiger partial charge in [-0.3, -0.25) is 0 Å². The maximum atomic E-state index is 13.8. The zero-order valence-electron chi connectivity index (χ0n) is 11.6. The molecule has 0 saturated heterocycles. The summed E-state index contributed by atoms with van der Waals surface area (Å²) in [5.74, 6) is 1.79. The molecule has 1 N–H and O–H groups in total. The number of halogens is 1. The van der Waals surface area contributed by atoms with E-state index in [0.29, 0.717) is 29.4 Å². The second-order valence-corrected chi connectivity index (χ2v) is 4.69. The number of fused-ring (bicyclic) bond motifs is 1. The highest BCUT2D eigenvalue weighted by Crippen LogP contribution is 2.35. The van der Waals surface area contributed by atoms with Gasteiger partial charge in [0.15, 0.2) is 11.5 Å². The number of hydrogen-bond donors (Lipinski definition) is 1. The molecule has 1 heterocycles. The van der Waals surface area contributed by atoms with Crippen LogP contribution in [-0.4, -0.2) is 20.4 Å². The van der Waals surface area contributed by atoms with E-state index in [1.165, 1.54) is 6.07 Å². The largest absolute Gasteiger partial charge is 0.491 e. The van der Waals surface area contributed by atoms with Crippen molar-refractivity contribution in [3.05, 3.63) is 53.8 Å². The molecule has 1 unspecified atom stereocenters. The van der Waals surface area contributed by atoms with Crippen LogP contribution in [0, 0.1) is 5.82 Å². The minimum atomic E-state index is -0.244. The first kappa shape index (κ1) is 13.7. The Morgan fingerprint density at radius 2 is 2.00 bits per heavy atom. The molecule has 5 heteroatoms. The molecule has 0 saturated carbocycles. The standard InChI is InChI=1S/C16H16FNO3/c1-18-14(12-4-2-3-5-13(12)17)9-19-11-6-7-15-16(8-11)21-10-20-15/h2-8,14,18H,9-10H2,1H3. The molecule has 21 heavy (non-hydrogen) atoms. The smallest absolute Gasteiger partial charge is 0.231 e. The Labute approximate surface area is 122 Å². The Bertz CT molecular complexity index is 633. The number of hydrogen-bond acceptors (Lipinski definition) is 4. The summed E-state index contributed by atoms with van der Waals surface area (Å²) in [4.78, 5) is 0.